The van der Waals surface area contributed by atoms with Crippen LogP contribution in [0.3, 0.4) is 0 Å². The number of aliphatic hydroxyl groups is 1. The normalized spacial score (nSPS) is 28.4. The van der Waals surface area contributed by atoms with Crippen LogP contribution in [0.25, 0.3) is 0 Å². The predicted molar refractivity (Wildman–Crippen MR) is 66.8 cm³/mol. The van der Waals surface area contributed by atoms with Crippen molar-refractivity contribution in [1.29, 1.82) is 0 Å². The lowest BCUT2D eigenvalue weighted by molar-refractivity contribution is 0.127. The summed E-state index contributed by atoms with van der Waals surface area (Å²) in [7, 11) is 0. The average Bonchev–Trinajstić information content (AvgIpc) is 2.61. The Labute approximate surface area is 98.6 Å². The number of nitrogens with zero attached hydrogens (tertiary/aromatic N) is 2. The minimum Gasteiger partial charge on any atom is -0.383 e. The fraction of sp³-hybridized carbons (Fsp3) is 0.923. The van der Waals surface area contributed by atoms with Gasteiger partial charge in [-0.2, -0.15) is 0 Å². The van der Waals surface area contributed by atoms with Gasteiger partial charge in [-0.3, -0.25) is 4.99 Å². The van der Waals surface area contributed by atoms with Gasteiger partial charge in [0.05, 0.1) is 6.04 Å². The van der Waals surface area contributed by atoms with Crippen molar-refractivity contribution >= 4 is 5.84 Å². The molecule has 1 heterocycles. The fourth-order valence-electron chi connectivity index (χ4n) is 2.92. The van der Waals surface area contributed by atoms with Gasteiger partial charge in [-0.1, -0.05) is 19.3 Å². The van der Waals surface area contributed by atoms with Crippen molar-refractivity contribution in [3.05, 3.63) is 0 Å². The van der Waals surface area contributed by atoms with Crippen molar-refractivity contribution in [2.24, 2.45) is 4.99 Å². The van der Waals surface area contributed by atoms with Gasteiger partial charge in [0, 0.05) is 12.6 Å². The molecule has 1 aliphatic carbocycles. The zero-order chi connectivity index (χ0) is 11.8. The second-order valence-corrected chi connectivity index (χ2v) is 5.80. The molecule has 2 aliphatic rings. The van der Waals surface area contributed by atoms with E-state index in [4.69, 9.17) is 0 Å². The molecule has 1 atom stereocenters. The summed E-state index contributed by atoms with van der Waals surface area (Å²) in [5.74, 6) is 0.909. The molecule has 3 heteroatoms. The van der Waals surface area contributed by atoms with Gasteiger partial charge in [0.25, 0.3) is 0 Å². The highest BCUT2D eigenvalue weighted by molar-refractivity contribution is 5.91. The van der Waals surface area contributed by atoms with E-state index in [1.807, 2.05) is 13.8 Å². The van der Waals surface area contributed by atoms with Crippen LogP contribution < -0.4 is 0 Å². The monoisotopic (exact) mass is 224 g/mol. The van der Waals surface area contributed by atoms with E-state index >= 15 is 0 Å². The van der Waals surface area contributed by atoms with Crippen LogP contribution in [-0.2, 0) is 0 Å². The molecule has 0 unspecified atom stereocenters. The van der Waals surface area contributed by atoms with Crippen LogP contribution in [0.2, 0.25) is 0 Å². The molecule has 16 heavy (non-hydrogen) atoms. The van der Waals surface area contributed by atoms with E-state index in [0.29, 0.717) is 12.1 Å². The predicted octanol–water partition coefficient (Wildman–Crippen LogP) is 2.19. The highest BCUT2D eigenvalue weighted by Gasteiger charge is 2.36. The van der Waals surface area contributed by atoms with Crippen molar-refractivity contribution in [3.63, 3.8) is 0 Å². The van der Waals surface area contributed by atoms with Crippen molar-refractivity contribution < 1.29 is 5.11 Å². The van der Waals surface area contributed by atoms with Gasteiger partial charge in [0.1, 0.15) is 11.4 Å². The number of rotatable bonds is 2. The van der Waals surface area contributed by atoms with Crippen LogP contribution >= 0.6 is 0 Å². The Balaban J connectivity index is 2.11. The Morgan fingerprint density at radius 3 is 2.44 bits per heavy atom. The Bertz CT molecular complexity index is 274. The SMILES string of the molecule is C[C@H]1CN(C2CCCCC2)C(C(C)(C)O)=N1. The molecule has 0 radical (unpaired) electrons. The molecule has 2 rings (SSSR count). The van der Waals surface area contributed by atoms with Gasteiger partial charge in [-0.15, -0.1) is 0 Å². The van der Waals surface area contributed by atoms with E-state index < -0.39 is 5.60 Å². The molecule has 0 amide bonds. The van der Waals surface area contributed by atoms with Gasteiger partial charge >= 0.3 is 0 Å². The summed E-state index contributed by atoms with van der Waals surface area (Å²) < 4.78 is 0. The Hall–Kier alpha value is -0.570. The lowest BCUT2D eigenvalue weighted by Gasteiger charge is -2.37. The van der Waals surface area contributed by atoms with Gasteiger partial charge in [0.2, 0.25) is 0 Å². The molecular formula is C13H24N2O. The van der Waals surface area contributed by atoms with Crippen molar-refractivity contribution in [2.75, 3.05) is 6.54 Å². The zero-order valence-corrected chi connectivity index (χ0v) is 10.7. The third kappa shape index (κ3) is 2.40. The first-order chi connectivity index (χ1) is 7.48. The molecule has 1 fully saturated rings. The molecule has 92 valence electrons. The molecule has 3 nitrogen and oxygen atoms in total. The molecule has 0 spiro atoms. The molecule has 0 bridgehead atoms. The summed E-state index contributed by atoms with van der Waals surface area (Å²) in [6.45, 7) is 6.82. The first kappa shape index (κ1) is 11.9. The smallest absolute Gasteiger partial charge is 0.131 e. The fourth-order valence-corrected chi connectivity index (χ4v) is 2.92. The third-order valence-electron chi connectivity index (χ3n) is 3.64. The summed E-state index contributed by atoms with van der Waals surface area (Å²) in [4.78, 5) is 6.97. The largest absolute Gasteiger partial charge is 0.383 e. The zero-order valence-electron chi connectivity index (χ0n) is 10.7. The van der Waals surface area contributed by atoms with E-state index in [0.717, 1.165) is 12.4 Å². The minimum atomic E-state index is -0.789. The lowest BCUT2D eigenvalue weighted by Crippen LogP contribution is -2.48. The maximum absolute atomic E-state index is 10.2. The maximum Gasteiger partial charge on any atom is 0.131 e. The summed E-state index contributed by atoms with van der Waals surface area (Å²) in [5, 5.41) is 10.2. The molecule has 0 aromatic rings. The lowest BCUT2D eigenvalue weighted by atomic mass is 9.93. The van der Waals surface area contributed by atoms with Gasteiger partial charge in [0.15, 0.2) is 0 Å². The van der Waals surface area contributed by atoms with E-state index in [9.17, 15) is 5.11 Å². The van der Waals surface area contributed by atoms with E-state index in [2.05, 4.69) is 16.8 Å². The number of amidine groups is 1. The van der Waals surface area contributed by atoms with Gasteiger partial charge in [-0.25, -0.2) is 0 Å². The van der Waals surface area contributed by atoms with Gasteiger partial charge < -0.3 is 10.0 Å². The summed E-state index contributed by atoms with van der Waals surface area (Å²) in [5.41, 5.74) is -0.789. The van der Waals surface area contributed by atoms with Gasteiger partial charge in [-0.05, 0) is 33.6 Å². The van der Waals surface area contributed by atoms with Crippen LogP contribution in [0.15, 0.2) is 4.99 Å². The maximum atomic E-state index is 10.2. The highest BCUT2D eigenvalue weighted by Crippen LogP contribution is 2.28. The van der Waals surface area contributed by atoms with Crippen molar-refractivity contribution in [3.8, 4) is 0 Å². The molecule has 1 N–H and O–H groups in total. The number of hydrogen-bond acceptors (Lipinski definition) is 3. The second-order valence-electron chi connectivity index (χ2n) is 5.80. The summed E-state index contributed by atoms with van der Waals surface area (Å²) in [6.07, 6.45) is 6.56. The van der Waals surface area contributed by atoms with E-state index in [1.165, 1.54) is 32.1 Å². The summed E-state index contributed by atoms with van der Waals surface area (Å²) in [6, 6.07) is 0.951. The standard InChI is InChI=1S/C13H24N2O/c1-10-9-15(11-7-5-4-6-8-11)12(14-10)13(2,3)16/h10-11,16H,4-9H2,1-3H3/t10-/m0/s1. The highest BCUT2D eigenvalue weighted by atomic mass is 16.3. The van der Waals surface area contributed by atoms with Crippen LogP contribution in [0, 0.1) is 0 Å². The Kier molecular flexibility index (Phi) is 3.24. The molecular weight excluding hydrogens is 200 g/mol. The van der Waals surface area contributed by atoms with Crippen LogP contribution in [0.1, 0.15) is 52.9 Å². The van der Waals surface area contributed by atoms with E-state index in [1.54, 1.807) is 0 Å². The second kappa shape index (κ2) is 4.36. The van der Waals surface area contributed by atoms with Crippen molar-refractivity contribution in [1.82, 2.24) is 4.90 Å². The van der Waals surface area contributed by atoms with E-state index in [-0.39, 0.29) is 0 Å². The molecule has 0 saturated heterocycles. The summed E-state index contributed by atoms with van der Waals surface area (Å²) >= 11 is 0. The molecule has 0 aromatic heterocycles. The quantitative estimate of drug-likeness (QED) is 0.780. The van der Waals surface area contributed by atoms with Crippen molar-refractivity contribution in [2.45, 2.75) is 70.6 Å². The topological polar surface area (TPSA) is 35.8 Å². The third-order valence-corrected chi connectivity index (χ3v) is 3.64. The van der Waals surface area contributed by atoms with Crippen LogP contribution in [0.4, 0.5) is 0 Å². The average molecular weight is 224 g/mol. The minimum absolute atomic E-state index is 0.336. The first-order valence-corrected chi connectivity index (χ1v) is 6.56. The molecule has 1 aliphatic heterocycles. The first-order valence-electron chi connectivity index (χ1n) is 6.56. The number of hydrogen-bond donors (Lipinski definition) is 1. The van der Waals surface area contributed by atoms with Crippen LogP contribution in [0.5, 0.6) is 0 Å². The molecule has 0 aromatic carbocycles. The number of aliphatic imine (C=N–C) groups is 1. The van der Waals surface area contributed by atoms with Crippen LogP contribution in [-0.4, -0.2) is 40.1 Å². The Morgan fingerprint density at radius 2 is 1.88 bits per heavy atom. The Morgan fingerprint density at radius 1 is 1.25 bits per heavy atom. The molecule has 1 saturated carbocycles.